The first-order valence-electron chi connectivity index (χ1n) is 23.2. The van der Waals surface area contributed by atoms with Crippen molar-refractivity contribution in [3.63, 3.8) is 0 Å². The van der Waals surface area contributed by atoms with Crippen molar-refractivity contribution in [1.29, 1.82) is 0 Å². The van der Waals surface area contributed by atoms with Crippen LogP contribution in [0.1, 0.15) is 33.4 Å². The number of rotatable bonds is 9. The summed E-state index contributed by atoms with van der Waals surface area (Å²) in [5, 5.41) is 0. The van der Waals surface area contributed by atoms with Crippen LogP contribution < -0.4 is 0 Å². The fourth-order valence-electron chi connectivity index (χ4n) is 10.8. The normalized spacial score (nSPS) is 11.2. The summed E-state index contributed by atoms with van der Waals surface area (Å²) in [6, 6.07) is 80.0. The van der Waals surface area contributed by atoms with Crippen molar-refractivity contribution >= 4 is 0 Å². The molecule has 0 aliphatic rings. The van der Waals surface area contributed by atoms with Gasteiger partial charge < -0.3 is 0 Å². The molecule has 0 aromatic heterocycles. The van der Waals surface area contributed by atoms with E-state index in [-0.39, 0.29) is 0 Å². The minimum Gasteiger partial charge on any atom is -0.0622 e. The first-order chi connectivity index (χ1) is 32.3. The van der Waals surface area contributed by atoms with Gasteiger partial charge in [0, 0.05) is 0 Å². The third-order valence-corrected chi connectivity index (χ3v) is 13.7. The molecule has 0 fully saturated rings. The highest BCUT2D eigenvalue weighted by Crippen LogP contribution is 2.51. The topological polar surface area (TPSA) is 0 Å². The summed E-state index contributed by atoms with van der Waals surface area (Å²) in [5.41, 5.74) is 30.2. The second-order valence-corrected chi connectivity index (χ2v) is 17.8. The van der Waals surface area contributed by atoms with E-state index in [0.29, 0.717) is 0 Å². The van der Waals surface area contributed by atoms with Crippen LogP contribution in [-0.2, 0) is 0 Å². The molecule has 318 valence electrons. The SMILES string of the molecule is Cc1cc(-c2c(-c3ccccc3)c(C)c(-c3ccccc3)c(C)c2-c2ccccc2)ccc1-c1ccc(-c2c(-c3ccccc3)c(C)c(-c3ccccc3)c(C)c2-c2ccccc2)cc1C. The summed E-state index contributed by atoms with van der Waals surface area (Å²) in [7, 11) is 0. The molecule has 0 radical (unpaired) electrons. The van der Waals surface area contributed by atoms with Gasteiger partial charge in [-0.25, -0.2) is 0 Å². The van der Waals surface area contributed by atoms with E-state index in [1.54, 1.807) is 0 Å². The van der Waals surface area contributed by atoms with Gasteiger partial charge >= 0.3 is 0 Å². The van der Waals surface area contributed by atoms with Crippen LogP contribution in [0.4, 0.5) is 0 Å². The van der Waals surface area contributed by atoms with Crippen molar-refractivity contribution in [3.8, 4) is 100 Å². The average Bonchev–Trinajstić information content (AvgIpc) is 3.35. The molecule has 0 heteroatoms. The van der Waals surface area contributed by atoms with E-state index in [0.717, 1.165) is 0 Å². The van der Waals surface area contributed by atoms with Crippen molar-refractivity contribution in [2.24, 2.45) is 0 Å². The quantitative estimate of drug-likeness (QED) is 0.136. The molecule has 0 N–H and O–H groups in total. The van der Waals surface area contributed by atoms with Crippen LogP contribution in [0.25, 0.3) is 100 Å². The Bertz CT molecular complexity index is 2980. The van der Waals surface area contributed by atoms with Gasteiger partial charge in [0.1, 0.15) is 0 Å². The molecule has 0 aliphatic heterocycles. The molecule has 0 spiro atoms. The summed E-state index contributed by atoms with van der Waals surface area (Å²) in [4.78, 5) is 0. The molecule has 0 saturated heterocycles. The molecule has 0 nitrogen and oxygen atoms in total. The fourth-order valence-corrected chi connectivity index (χ4v) is 10.8. The highest BCUT2D eigenvalue weighted by atomic mass is 14.3. The molecule has 0 bridgehead atoms. The van der Waals surface area contributed by atoms with E-state index in [1.165, 1.54) is 134 Å². The van der Waals surface area contributed by atoms with Gasteiger partial charge in [0.25, 0.3) is 0 Å². The molecule has 0 heterocycles. The largest absolute Gasteiger partial charge is 0.0622 e. The van der Waals surface area contributed by atoms with Gasteiger partial charge in [-0.05, 0) is 175 Å². The Labute approximate surface area is 391 Å². The lowest BCUT2D eigenvalue weighted by molar-refractivity contribution is 1.35. The molecule has 10 rings (SSSR count). The lowest BCUT2D eigenvalue weighted by atomic mass is 9.77. The van der Waals surface area contributed by atoms with Crippen molar-refractivity contribution < 1.29 is 0 Å². The van der Waals surface area contributed by atoms with Crippen LogP contribution in [0.5, 0.6) is 0 Å². The lowest BCUT2D eigenvalue weighted by Gasteiger charge is -2.26. The van der Waals surface area contributed by atoms with Crippen LogP contribution in [-0.4, -0.2) is 0 Å². The Morgan fingerprint density at radius 2 is 0.394 bits per heavy atom. The molecular formula is C66H54. The van der Waals surface area contributed by atoms with Crippen molar-refractivity contribution in [2.45, 2.75) is 41.5 Å². The van der Waals surface area contributed by atoms with E-state index in [2.05, 4.69) is 260 Å². The Hall–Kier alpha value is -7.80. The highest BCUT2D eigenvalue weighted by molar-refractivity contribution is 6.04. The second kappa shape index (κ2) is 18.0. The number of aryl methyl sites for hydroxylation is 2. The van der Waals surface area contributed by atoms with Crippen molar-refractivity contribution in [3.05, 3.63) is 252 Å². The maximum atomic E-state index is 2.42. The summed E-state index contributed by atoms with van der Waals surface area (Å²) in [6.07, 6.45) is 0. The molecule has 66 heavy (non-hydrogen) atoms. The van der Waals surface area contributed by atoms with Crippen LogP contribution >= 0.6 is 0 Å². The fraction of sp³-hybridized carbons (Fsp3) is 0.0909. The Morgan fingerprint density at radius 3 is 0.606 bits per heavy atom. The third-order valence-electron chi connectivity index (χ3n) is 13.7. The van der Waals surface area contributed by atoms with Crippen LogP contribution in [0, 0.1) is 41.5 Å². The zero-order valence-electron chi connectivity index (χ0n) is 38.8. The molecule has 0 aliphatic carbocycles. The summed E-state index contributed by atoms with van der Waals surface area (Å²) in [6.45, 7) is 13.8. The highest BCUT2D eigenvalue weighted by Gasteiger charge is 2.26. The van der Waals surface area contributed by atoms with Gasteiger partial charge in [0.15, 0.2) is 0 Å². The van der Waals surface area contributed by atoms with E-state index in [1.807, 2.05) is 0 Å². The smallest absolute Gasteiger partial charge is 0.00209 e. The monoisotopic (exact) mass is 846 g/mol. The van der Waals surface area contributed by atoms with Gasteiger partial charge in [0.05, 0.1) is 0 Å². The summed E-state index contributed by atoms with van der Waals surface area (Å²) < 4.78 is 0. The average molecular weight is 847 g/mol. The molecular weight excluding hydrogens is 793 g/mol. The van der Waals surface area contributed by atoms with E-state index in [4.69, 9.17) is 0 Å². The zero-order valence-corrected chi connectivity index (χ0v) is 38.8. The Morgan fingerprint density at radius 1 is 0.182 bits per heavy atom. The van der Waals surface area contributed by atoms with Crippen LogP contribution in [0.2, 0.25) is 0 Å². The standard InChI is InChI=1S/C66H54/c1-43-41-55(65-61(51-29-17-9-18-30-51)45(3)59(49-25-13-7-14-26-49)46(4)62(65)52-31-19-10-20-32-52)37-39-57(43)58-40-38-56(42-44(58)2)66-63(53-33-21-11-22-34-53)47(5)60(50-27-15-8-16-28-50)48(6)64(66)54-35-23-12-24-36-54/h7-42H,1-6H3. The minimum atomic E-state index is 1.22. The van der Waals surface area contributed by atoms with Crippen molar-refractivity contribution in [2.75, 3.05) is 0 Å². The van der Waals surface area contributed by atoms with Crippen LogP contribution in [0.3, 0.4) is 0 Å². The Balaban J connectivity index is 1.17. The molecule has 0 saturated carbocycles. The first-order valence-corrected chi connectivity index (χ1v) is 23.2. The predicted octanol–water partition coefficient (Wildman–Crippen LogP) is 18.5. The van der Waals surface area contributed by atoms with E-state index in [9.17, 15) is 0 Å². The summed E-state index contributed by atoms with van der Waals surface area (Å²) >= 11 is 0. The first kappa shape index (κ1) is 42.2. The predicted molar refractivity (Wildman–Crippen MR) is 284 cm³/mol. The van der Waals surface area contributed by atoms with Gasteiger partial charge in [-0.3, -0.25) is 0 Å². The van der Waals surface area contributed by atoms with Gasteiger partial charge in [-0.15, -0.1) is 0 Å². The van der Waals surface area contributed by atoms with Gasteiger partial charge in [-0.1, -0.05) is 218 Å². The lowest BCUT2D eigenvalue weighted by Crippen LogP contribution is -2.02. The maximum absolute atomic E-state index is 2.42. The van der Waals surface area contributed by atoms with Crippen molar-refractivity contribution in [1.82, 2.24) is 0 Å². The van der Waals surface area contributed by atoms with E-state index >= 15 is 0 Å². The molecule has 10 aromatic carbocycles. The summed E-state index contributed by atoms with van der Waals surface area (Å²) in [5.74, 6) is 0. The third kappa shape index (κ3) is 7.59. The Kier molecular flexibility index (Phi) is 11.5. The number of hydrogen-bond acceptors (Lipinski definition) is 0. The second-order valence-electron chi connectivity index (χ2n) is 17.8. The maximum Gasteiger partial charge on any atom is -0.00209 e. The van der Waals surface area contributed by atoms with Crippen LogP contribution in [0.15, 0.2) is 218 Å². The molecule has 10 aromatic rings. The van der Waals surface area contributed by atoms with Gasteiger partial charge in [-0.2, -0.15) is 0 Å². The molecule has 0 unspecified atom stereocenters. The molecule has 0 amide bonds. The number of benzene rings is 10. The van der Waals surface area contributed by atoms with E-state index < -0.39 is 0 Å². The zero-order chi connectivity index (χ0) is 45.3. The molecule has 0 atom stereocenters. The van der Waals surface area contributed by atoms with Gasteiger partial charge in [0.2, 0.25) is 0 Å². The minimum absolute atomic E-state index is 1.22. The number of hydrogen-bond donors (Lipinski definition) is 0.